The van der Waals surface area contributed by atoms with Crippen molar-refractivity contribution < 1.29 is 9.31 Å². The third-order valence-corrected chi connectivity index (χ3v) is 4.74. The molecule has 0 bridgehead atoms. The molecular formula is C17H23BN2O2. The van der Waals surface area contributed by atoms with E-state index in [2.05, 4.69) is 57.9 Å². The zero-order valence-corrected chi connectivity index (χ0v) is 14.2. The molecule has 1 aromatic carbocycles. The van der Waals surface area contributed by atoms with Crippen molar-refractivity contribution in [2.24, 2.45) is 0 Å². The van der Waals surface area contributed by atoms with E-state index in [0.717, 1.165) is 22.3 Å². The van der Waals surface area contributed by atoms with Crippen molar-refractivity contribution in [2.75, 3.05) is 0 Å². The van der Waals surface area contributed by atoms with Gasteiger partial charge in [-0.15, -0.1) is 0 Å². The van der Waals surface area contributed by atoms with Gasteiger partial charge in [-0.2, -0.15) is 5.10 Å². The molecule has 22 heavy (non-hydrogen) atoms. The Labute approximate surface area is 132 Å². The van der Waals surface area contributed by atoms with Crippen molar-refractivity contribution in [2.45, 2.75) is 52.7 Å². The number of nitrogens with zero attached hydrogens (tertiary/aromatic N) is 2. The molecule has 0 aliphatic carbocycles. The largest absolute Gasteiger partial charge is 0.495 e. The monoisotopic (exact) mass is 298 g/mol. The Morgan fingerprint density at radius 3 is 2.18 bits per heavy atom. The Morgan fingerprint density at radius 1 is 1.05 bits per heavy atom. The highest BCUT2D eigenvalue weighted by atomic mass is 16.7. The average molecular weight is 298 g/mol. The maximum atomic E-state index is 6.14. The van der Waals surface area contributed by atoms with Crippen LogP contribution in [0.5, 0.6) is 0 Å². The normalized spacial score (nSPS) is 19.6. The fraction of sp³-hybridized carbons (Fsp3) is 0.471. The number of aromatic nitrogens is 2. The summed E-state index contributed by atoms with van der Waals surface area (Å²) in [5.74, 6) is 0. The number of benzene rings is 1. The summed E-state index contributed by atoms with van der Waals surface area (Å²) in [5.41, 5.74) is 3.78. The number of hydrogen-bond acceptors (Lipinski definition) is 3. The van der Waals surface area contributed by atoms with Crippen molar-refractivity contribution in [1.29, 1.82) is 0 Å². The summed E-state index contributed by atoms with van der Waals surface area (Å²) in [6.45, 7) is 12.4. The van der Waals surface area contributed by atoms with Gasteiger partial charge in [0.25, 0.3) is 0 Å². The molecule has 1 aliphatic rings. The number of aryl methyl sites for hydroxylation is 2. The van der Waals surface area contributed by atoms with Gasteiger partial charge in [-0.3, -0.25) is 0 Å². The lowest BCUT2D eigenvalue weighted by atomic mass is 9.76. The minimum atomic E-state index is -0.321. The summed E-state index contributed by atoms with van der Waals surface area (Å²) in [6, 6.07) is 6.25. The molecule has 0 N–H and O–H groups in total. The fourth-order valence-corrected chi connectivity index (χ4v) is 2.59. The van der Waals surface area contributed by atoms with E-state index in [0.29, 0.717) is 0 Å². The predicted molar refractivity (Wildman–Crippen MR) is 88.8 cm³/mol. The second kappa shape index (κ2) is 4.96. The molecule has 2 aromatic rings. The summed E-state index contributed by atoms with van der Waals surface area (Å²) in [6.07, 6.45) is 3.88. The summed E-state index contributed by atoms with van der Waals surface area (Å²) >= 11 is 0. The first-order chi connectivity index (χ1) is 10.2. The van der Waals surface area contributed by atoms with Crippen LogP contribution in [0, 0.1) is 13.8 Å². The molecule has 0 radical (unpaired) electrons. The molecule has 1 aromatic heterocycles. The molecule has 4 nitrogen and oxygen atoms in total. The first-order valence-electron chi connectivity index (χ1n) is 7.67. The zero-order valence-electron chi connectivity index (χ0n) is 14.2. The highest BCUT2D eigenvalue weighted by Gasteiger charge is 2.52. The Morgan fingerprint density at radius 2 is 1.68 bits per heavy atom. The van der Waals surface area contributed by atoms with Crippen LogP contribution in [0.3, 0.4) is 0 Å². The molecule has 5 heteroatoms. The van der Waals surface area contributed by atoms with Crippen molar-refractivity contribution in [3.05, 3.63) is 41.7 Å². The lowest BCUT2D eigenvalue weighted by molar-refractivity contribution is 0.00578. The minimum Gasteiger partial charge on any atom is -0.399 e. The lowest BCUT2D eigenvalue weighted by Crippen LogP contribution is -2.41. The van der Waals surface area contributed by atoms with Gasteiger partial charge in [0, 0.05) is 6.20 Å². The van der Waals surface area contributed by atoms with E-state index in [9.17, 15) is 0 Å². The third kappa shape index (κ3) is 2.48. The van der Waals surface area contributed by atoms with E-state index in [1.165, 1.54) is 0 Å². The standard InChI is InChI=1S/C17H23BN2O2/c1-12-10-19-20(11-12)14-7-8-15(13(2)9-14)18-21-16(3,4)17(5,6)22-18/h7-11H,1-6H3. The molecule has 3 rings (SSSR count). The molecule has 1 saturated heterocycles. The molecular weight excluding hydrogens is 275 g/mol. The Bertz CT molecular complexity index is 690. The van der Waals surface area contributed by atoms with Crippen LogP contribution in [0.1, 0.15) is 38.8 Å². The Hall–Kier alpha value is -1.59. The maximum absolute atomic E-state index is 6.14. The number of rotatable bonds is 2. The summed E-state index contributed by atoms with van der Waals surface area (Å²) in [4.78, 5) is 0. The quantitative estimate of drug-likeness (QED) is 0.800. The van der Waals surface area contributed by atoms with Gasteiger partial charge in [0.2, 0.25) is 0 Å². The van der Waals surface area contributed by atoms with Crippen molar-refractivity contribution in [3.63, 3.8) is 0 Å². The molecule has 0 amide bonds. The van der Waals surface area contributed by atoms with Crippen LogP contribution < -0.4 is 5.46 Å². The molecule has 0 spiro atoms. The van der Waals surface area contributed by atoms with Gasteiger partial charge < -0.3 is 9.31 Å². The molecule has 0 atom stereocenters. The van der Waals surface area contributed by atoms with E-state index < -0.39 is 0 Å². The van der Waals surface area contributed by atoms with Gasteiger partial charge in [0.05, 0.1) is 23.1 Å². The Kier molecular flexibility index (Phi) is 3.46. The van der Waals surface area contributed by atoms with E-state index in [1.807, 2.05) is 24.0 Å². The highest BCUT2D eigenvalue weighted by Crippen LogP contribution is 2.36. The second-order valence-corrected chi connectivity index (χ2v) is 7.09. The van der Waals surface area contributed by atoms with Crippen LogP contribution in [0.25, 0.3) is 5.69 Å². The van der Waals surface area contributed by atoms with Crippen molar-refractivity contribution in [1.82, 2.24) is 9.78 Å². The molecule has 2 heterocycles. The van der Waals surface area contributed by atoms with Gasteiger partial charge in [0.15, 0.2) is 0 Å². The summed E-state index contributed by atoms with van der Waals surface area (Å²) in [5, 5.41) is 4.35. The van der Waals surface area contributed by atoms with Gasteiger partial charge in [-0.25, -0.2) is 4.68 Å². The van der Waals surface area contributed by atoms with E-state index >= 15 is 0 Å². The van der Waals surface area contributed by atoms with Crippen LogP contribution in [-0.4, -0.2) is 28.1 Å². The average Bonchev–Trinajstić information content (AvgIpc) is 2.91. The first-order valence-corrected chi connectivity index (χ1v) is 7.67. The molecule has 0 unspecified atom stereocenters. The van der Waals surface area contributed by atoms with E-state index in [1.54, 1.807) is 0 Å². The Balaban J connectivity index is 1.91. The first kappa shape index (κ1) is 15.3. The third-order valence-electron chi connectivity index (χ3n) is 4.74. The maximum Gasteiger partial charge on any atom is 0.495 e. The van der Waals surface area contributed by atoms with Crippen LogP contribution in [0.4, 0.5) is 0 Å². The molecule has 1 aliphatic heterocycles. The zero-order chi connectivity index (χ0) is 16.1. The van der Waals surface area contributed by atoms with E-state index in [4.69, 9.17) is 9.31 Å². The molecule has 1 fully saturated rings. The topological polar surface area (TPSA) is 36.3 Å². The smallest absolute Gasteiger partial charge is 0.399 e. The predicted octanol–water partition coefficient (Wildman–Crippen LogP) is 2.79. The van der Waals surface area contributed by atoms with Crippen molar-refractivity contribution in [3.8, 4) is 5.69 Å². The van der Waals surface area contributed by atoms with Crippen LogP contribution in [-0.2, 0) is 9.31 Å². The van der Waals surface area contributed by atoms with Crippen molar-refractivity contribution >= 4 is 12.6 Å². The van der Waals surface area contributed by atoms with Crippen LogP contribution in [0.2, 0.25) is 0 Å². The molecule has 116 valence electrons. The van der Waals surface area contributed by atoms with E-state index in [-0.39, 0.29) is 18.3 Å². The van der Waals surface area contributed by atoms with Gasteiger partial charge in [0.1, 0.15) is 0 Å². The van der Waals surface area contributed by atoms with Gasteiger partial charge in [-0.05, 0) is 70.3 Å². The number of hydrogen-bond donors (Lipinski definition) is 0. The molecule has 0 saturated carbocycles. The van der Waals surface area contributed by atoms with Gasteiger partial charge >= 0.3 is 7.12 Å². The van der Waals surface area contributed by atoms with Crippen LogP contribution >= 0.6 is 0 Å². The second-order valence-electron chi connectivity index (χ2n) is 7.09. The lowest BCUT2D eigenvalue weighted by Gasteiger charge is -2.32. The highest BCUT2D eigenvalue weighted by molar-refractivity contribution is 6.62. The summed E-state index contributed by atoms with van der Waals surface area (Å²) in [7, 11) is -0.321. The van der Waals surface area contributed by atoms with Gasteiger partial charge in [-0.1, -0.05) is 6.07 Å². The summed E-state index contributed by atoms with van der Waals surface area (Å²) < 4.78 is 14.2. The minimum absolute atomic E-state index is 0.318. The fourth-order valence-electron chi connectivity index (χ4n) is 2.59. The van der Waals surface area contributed by atoms with Crippen LogP contribution in [0.15, 0.2) is 30.6 Å². The SMILES string of the molecule is Cc1cnn(-c2ccc(B3OC(C)(C)C(C)(C)O3)c(C)c2)c1.